The highest BCUT2D eigenvalue weighted by Crippen LogP contribution is 2.20. The fourth-order valence-electron chi connectivity index (χ4n) is 1.95. The third kappa shape index (κ3) is 3.33. The summed E-state index contributed by atoms with van der Waals surface area (Å²) >= 11 is 1.57. The highest BCUT2D eigenvalue weighted by molar-refractivity contribution is 7.98. The number of nitrogens with one attached hydrogen (secondary N) is 1. The van der Waals surface area contributed by atoms with Crippen molar-refractivity contribution in [1.82, 2.24) is 5.32 Å². The van der Waals surface area contributed by atoms with Crippen LogP contribution in [0.1, 0.15) is 15.9 Å². The molecule has 2 rings (SSSR count). The van der Waals surface area contributed by atoms with Crippen LogP contribution in [0.3, 0.4) is 0 Å². The summed E-state index contributed by atoms with van der Waals surface area (Å²) in [6, 6.07) is 15.3. The van der Waals surface area contributed by atoms with Crippen LogP contribution in [-0.2, 0) is 6.54 Å². The van der Waals surface area contributed by atoms with E-state index in [-0.39, 0.29) is 5.91 Å². The van der Waals surface area contributed by atoms with Crippen LogP contribution in [0.4, 0.5) is 0 Å². The summed E-state index contributed by atoms with van der Waals surface area (Å²) in [7, 11) is 1.63. The van der Waals surface area contributed by atoms with E-state index in [9.17, 15) is 4.79 Å². The van der Waals surface area contributed by atoms with Crippen molar-refractivity contribution in [1.29, 1.82) is 0 Å². The van der Waals surface area contributed by atoms with E-state index in [1.807, 2.05) is 54.8 Å². The van der Waals surface area contributed by atoms with E-state index in [1.165, 1.54) is 0 Å². The van der Waals surface area contributed by atoms with E-state index in [1.54, 1.807) is 18.9 Å². The molecule has 0 heterocycles. The third-order valence-corrected chi connectivity index (χ3v) is 3.78. The van der Waals surface area contributed by atoms with E-state index in [0.717, 1.165) is 16.2 Å². The Morgan fingerprint density at radius 2 is 1.85 bits per heavy atom. The zero-order valence-electron chi connectivity index (χ0n) is 11.6. The molecule has 0 saturated heterocycles. The van der Waals surface area contributed by atoms with Crippen molar-refractivity contribution in [2.45, 2.75) is 11.4 Å². The van der Waals surface area contributed by atoms with Crippen molar-refractivity contribution in [2.24, 2.45) is 0 Å². The Labute approximate surface area is 123 Å². The van der Waals surface area contributed by atoms with Gasteiger partial charge >= 0.3 is 0 Å². The summed E-state index contributed by atoms with van der Waals surface area (Å²) in [4.78, 5) is 13.2. The Morgan fingerprint density at radius 3 is 2.60 bits per heavy atom. The van der Waals surface area contributed by atoms with Gasteiger partial charge in [0.05, 0.1) is 12.7 Å². The minimum atomic E-state index is -0.0687. The smallest absolute Gasteiger partial charge is 0.252 e. The second-order valence-electron chi connectivity index (χ2n) is 4.19. The largest absolute Gasteiger partial charge is 0.496 e. The molecular formula is C16H17NO2S. The predicted molar refractivity (Wildman–Crippen MR) is 82.4 cm³/mol. The summed E-state index contributed by atoms with van der Waals surface area (Å²) in [5.74, 6) is 0.715. The van der Waals surface area contributed by atoms with Crippen LogP contribution >= 0.6 is 11.8 Å². The molecule has 1 N–H and O–H groups in total. The highest BCUT2D eigenvalue weighted by atomic mass is 32.2. The first-order valence-electron chi connectivity index (χ1n) is 6.29. The topological polar surface area (TPSA) is 38.3 Å². The Bertz CT molecular complexity index is 599. The number of para-hydroxylation sites is 1. The number of methoxy groups -OCH3 is 1. The summed E-state index contributed by atoms with van der Waals surface area (Å²) in [6.07, 6.45) is 1.96. The number of hydrogen-bond acceptors (Lipinski definition) is 3. The molecule has 0 aliphatic heterocycles. The number of thioether (sulfide) groups is 1. The average molecular weight is 287 g/mol. The SMILES string of the molecule is COc1ccccc1CNC(=O)c1ccccc1SC. The number of carbonyl (C=O) groups is 1. The first kappa shape index (κ1) is 14.5. The lowest BCUT2D eigenvalue weighted by Crippen LogP contribution is -2.23. The monoisotopic (exact) mass is 287 g/mol. The number of amides is 1. The van der Waals surface area contributed by atoms with Crippen LogP contribution in [0.2, 0.25) is 0 Å². The molecule has 0 aromatic heterocycles. The van der Waals surface area contributed by atoms with Crippen LogP contribution in [0.15, 0.2) is 53.4 Å². The van der Waals surface area contributed by atoms with E-state index < -0.39 is 0 Å². The third-order valence-electron chi connectivity index (χ3n) is 2.98. The highest BCUT2D eigenvalue weighted by Gasteiger charge is 2.10. The molecule has 3 nitrogen and oxygen atoms in total. The molecule has 0 radical (unpaired) electrons. The van der Waals surface area contributed by atoms with Gasteiger partial charge in [0.2, 0.25) is 0 Å². The molecule has 104 valence electrons. The van der Waals surface area contributed by atoms with E-state index in [4.69, 9.17) is 4.74 Å². The number of carbonyl (C=O) groups excluding carboxylic acids is 1. The van der Waals surface area contributed by atoms with Gasteiger partial charge < -0.3 is 10.1 Å². The van der Waals surface area contributed by atoms with Gasteiger partial charge in [0.1, 0.15) is 5.75 Å². The molecule has 0 saturated carbocycles. The second-order valence-corrected chi connectivity index (χ2v) is 5.04. The Balaban J connectivity index is 2.09. The average Bonchev–Trinajstić information content (AvgIpc) is 2.52. The summed E-state index contributed by atoms with van der Waals surface area (Å²) in [5, 5.41) is 2.93. The second kappa shape index (κ2) is 7.01. The normalized spacial score (nSPS) is 10.1. The summed E-state index contributed by atoms with van der Waals surface area (Å²) in [5.41, 5.74) is 1.67. The molecule has 1 amide bonds. The van der Waals surface area contributed by atoms with Crippen LogP contribution in [0.5, 0.6) is 5.75 Å². The van der Waals surface area contributed by atoms with Gasteiger partial charge in [-0.3, -0.25) is 4.79 Å². The minimum Gasteiger partial charge on any atom is -0.496 e. The lowest BCUT2D eigenvalue weighted by Gasteiger charge is -2.11. The number of ether oxygens (including phenoxy) is 1. The van der Waals surface area contributed by atoms with Crippen molar-refractivity contribution in [2.75, 3.05) is 13.4 Å². The van der Waals surface area contributed by atoms with Crippen molar-refractivity contribution in [3.05, 3.63) is 59.7 Å². The van der Waals surface area contributed by atoms with Gasteiger partial charge in [-0.15, -0.1) is 11.8 Å². The maximum atomic E-state index is 12.2. The Hall–Kier alpha value is -1.94. The lowest BCUT2D eigenvalue weighted by molar-refractivity contribution is 0.0948. The lowest BCUT2D eigenvalue weighted by atomic mass is 10.1. The molecule has 0 aliphatic carbocycles. The van der Waals surface area contributed by atoms with Crippen molar-refractivity contribution >= 4 is 17.7 Å². The quantitative estimate of drug-likeness (QED) is 0.857. The van der Waals surface area contributed by atoms with Gasteiger partial charge in [0.15, 0.2) is 0 Å². The number of hydrogen-bond donors (Lipinski definition) is 1. The standard InChI is InChI=1S/C16H17NO2S/c1-19-14-9-5-3-7-12(14)11-17-16(18)13-8-4-6-10-15(13)20-2/h3-10H,11H2,1-2H3,(H,17,18). The molecule has 0 unspecified atom stereocenters. The first-order chi connectivity index (χ1) is 9.76. The van der Waals surface area contributed by atoms with Crippen LogP contribution < -0.4 is 10.1 Å². The molecule has 2 aromatic carbocycles. The van der Waals surface area contributed by atoms with E-state index >= 15 is 0 Å². The molecule has 0 bridgehead atoms. The molecule has 0 spiro atoms. The number of benzene rings is 2. The first-order valence-corrected chi connectivity index (χ1v) is 7.52. The minimum absolute atomic E-state index is 0.0687. The molecule has 20 heavy (non-hydrogen) atoms. The summed E-state index contributed by atoms with van der Waals surface area (Å²) in [6.45, 7) is 0.450. The van der Waals surface area contributed by atoms with Crippen molar-refractivity contribution in [3.63, 3.8) is 0 Å². The molecule has 0 fully saturated rings. The maximum Gasteiger partial charge on any atom is 0.252 e. The van der Waals surface area contributed by atoms with Crippen LogP contribution in [0.25, 0.3) is 0 Å². The van der Waals surface area contributed by atoms with Gasteiger partial charge in [0, 0.05) is 17.0 Å². The van der Waals surface area contributed by atoms with Crippen molar-refractivity contribution in [3.8, 4) is 5.75 Å². The van der Waals surface area contributed by atoms with Gasteiger partial charge in [-0.25, -0.2) is 0 Å². The molecule has 4 heteroatoms. The van der Waals surface area contributed by atoms with Gasteiger partial charge in [-0.2, -0.15) is 0 Å². The van der Waals surface area contributed by atoms with E-state index in [2.05, 4.69) is 5.32 Å². The Kier molecular flexibility index (Phi) is 5.07. The molecule has 0 aliphatic rings. The van der Waals surface area contributed by atoms with Crippen LogP contribution in [0, 0.1) is 0 Å². The van der Waals surface area contributed by atoms with Crippen molar-refractivity contribution < 1.29 is 9.53 Å². The zero-order chi connectivity index (χ0) is 14.4. The molecular weight excluding hydrogens is 270 g/mol. The summed E-state index contributed by atoms with van der Waals surface area (Å²) < 4.78 is 5.27. The Morgan fingerprint density at radius 1 is 1.15 bits per heavy atom. The molecule has 2 aromatic rings. The van der Waals surface area contributed by atoms with Gasteiger partial charge in [-0.1, -0.05) is 30.3 Å². The van der Waals surface area contributed by atoms with Crippen LogP contribution in [-0.4, -0.2) is 19.3 Å². The molecule has 0 atom stereocenters. The maximum absolute atomic E-state index is 12.2. The number of rotatable bonds is 5. The van der Waals surface area contributed by atoms with Gasteiger partial charge in [0.25, 0.3) is 5.91 Å². The van der Waals surface area contributed by atoms with E-state index in [0.29, 0.717) is 12.1 Å². The zero-order valence-corrected chi connectivity index (χ0v) is 12.4. The predicted octanol–water partition coefficient (Wildman–Crippen LogP) is 3.35. The fourth-order valence-corrected chi connectivity index (χ4v) is 2.55. The fraction of sp³-hybridized carbons (Fsp3) is 0.188. The van der Waals surface area contributed by atoms with Gasteiger partial charge in [-0.05, 0) is 24.5 Å².